The molecule has 394 valence electrons. The van der Waals surface area contributed by atoms with Gasteiger partial charge in [-0.25, -0.2) is 48.7 Å². The maximum absolute atomic E-state index is 14.5. The number of rotatable bonds is 13. The molecule has 10 rings (SSSR count). The van der Waals surface area contributed by atoms with E-state index in [1.54, 1.807) is 76.1 Å². The zero-order chi connectivity index (χ0) is 54.8. The number of aromatic nitrogens is 14. The van der Waals surface area contributed by atoms with Crippen LogP contribution < -0.4 is 30.0 Å². The molecule has 7 aromatic heterocycles. The third-order valence-corrected chi connectivity index (χ3v) is 10.5. The molecule has 26 heteroatoms. The number of nitrogens with two attached hydrogens (primary N) is 1. The number of nitrogens with one attached hydrogen (secondary N) is 1. The van der Waals surface area contributed by atoms with Crippen molar-refractivity contribution in [2.75, 3.05) is 24.3 Å². The Labute approximate surface area is 453 Å². The highest BCUT2D eigenvalue weighted by Gasteiger charge is 2.15. The van der Waals surface area contributed by atoms with E-state index in [1.165, 1.54) is 67.8 Å². The summed E-state index contributed by atoms with van der Waals surface area (Å²) in [5.74, 6) is 0.633. The zero-order valence-electron chi connectivity index (χ0n) is 41.5. The zero-order valence-corrected chi connectivity index (χ0v) is 43.7. The van der Waals surface area contributed by atoms with Gasteiger partial charge in [0.1, 0.15) is 75.4 Å². The lowest BCUT2D eigenvalue weighted by atomic mass is 10.1. The van der Waals surface area contributed by atoms with Crippen LogP contribution in [0.1, 0.15) is 24.2 Å². The van der Waals surface area contributed by atoms with E-state index < -0.39 is 17.5 Å². The molecule has 0 bridgehead atoms. The van der Waals surface area contributed by atoms with Crippen molar-refractivity contribution in [1.29, 1.82) is 0 Å². The smallest absolute Gasteiger partial charge is 0.256 e. The highest BCUT2D eigenvalue weighted by molar-refractivity contribution is 6.33. The molecule has 0 saturated heterocycles. The molecule has 0 saturated carbocycles. The number of amides is 1. The number of aryl methyl sites for hydroxylation is 3. The van der Waals surface area contributed by atoms with E-state index in [9.17, 15) is 13.6 Å². The Bertz CT molecular complexity index is 3540. The Morgan fingerprint density at radius 1 is 0.532 bits per heavy atom. The summed E-state index contributed by atoms with van der Waals surface area (Å²) in [7, 11) is 5.48. The van der Waals surface area contributed by atoms with E-state index in [0.29, 0.717) is 63.2 Å². The van der Waals surface area contributed by atoms with Gasteiger partial charge in [0.2, 0.25) is 11.8 Å². The first-order valence-corrected chi connectivity index (χ1v) is 23.9. The van der Waals surface area contributed by atoms with Crippen LogP contribution in [0.2, 0.25) is 15.5 Å². The number of hydrogen-bond donors (Lipinski definition) is 2. The molecule has 77 heavy (non-hydrogen) atoms. The number of benzene rings is 3. The lowest BCUT2D eigenvalue weighted by molar-refractivity contribution is 0.102. The van der Waals surface area contributed by atoms with Crippen LogP contribution in [0, 0.1) is 11.6 Å². The molecular weight excluding hydrogens is 1060 g/mol. The molecule has 0 atom stereocenters. The molecule has 10 aromatic rings. The summed E-state index contributed by atoms with van der Waals surface area (Å²) in [5, 5.41) is 16.0. The molecule has 3 N–H and O–H groups in total. The maximum Gasteiger partial charge on any atom is 0.256 e. The van der Waals surface area contributed by atoms with Crippen molar-refractivity contribution in [3.63, 3.8) is 0 Å². The van der Waals surface area contributed by atoms with Crippen LogP contribution in [0.4, 0.5) is 20.2 Å². The van der Waals surface area contributed by atoms with Crippen LogP contribution in [0.15, 0.2) is 141 Å². The second kappa shape index (κ2) is 26.9. The van der Waals surface area contributed by atoms with Crippen molar-refractivity contribution in [2.45, 2.75) is 13.8 Å². The lowest BCUT2D eigenvalue weighted by Gasteiger charge is -2.12. The molecule has 0 aliphatic carbocycles. The Morgan fingerprint density at radius 3 is 1.38 bits per heavy atom. The average molecular weight is 1110 g/mol. The lowest BCUT2D eigenvalue weighted by Crippen LogP contribution is -2.13. The molecule has 0 radical (unpaired) electrons. The first kappa shape index (κ1) is 55.6. The summed E-state index contributed by atoms with van der Waals surface area (Å²) < 4.78 is 55.1. The number of halogens is 5. The van der Waals surface area contributed by atoms with Gasteiger partial charge in [0, 0.05) is 104 Å². The summed E-state index contributed by atoms with van der Waals surface area (Å²) >= 11 is 16.5. The molecular formula is C51H45Cl3F2N16O5. The minimum absolute atomic E-state index is 0.0223. The number of carbonyl (C=O) groups excluding carboxylic acids is 1. The Morgan fingerprint density at radius 2 is 0.961 bits per heavy atom. The fraction of sp³-hybridized carbons (Fsp3) is 0.137. The van der Waals surface area contributed by atoms with Gasteiger partial charge >= 0.3 is 0 Å². The van der Waals surface area contributed by atoms with Gasteiger partial charge in [0.25, 0.3) is 5.91 Å². The number of carbonyl (C=O) groups is 1. The van der Waals surface area contributed by atoms with E-state index in [-0.39, 0.29) is 28.6 Å². The van der Waals surface area contributed by atoms with Gasteiger partial charge in [-0.05, 0) is 50.2 Å². The van der Waals surface area contributed by atoms with Gasteiger partial charge < -0.3 is 30.0 Å². The topological polar surface area (TPSA) is 249 Å². The third-order valence-electron chi connectivity index (χ3n) is 9.88. The molecule has 0 aliphatic heterocycles. The average Bonchev–Trinajstić information content (AvgIpc) is 4.18. The first-order valence-electron chi connectivity index (χ1n) is 22.7. The van der Waals surface area contributed by atoms with Crippen molar-refractivity contribution in [3.8, 4) is 68.5 Å². The summed E-state index contributed by atoms with van der Waals surface area (Å²) in [6.07, 6.45) is 16.1. The fourth-order valence-corrected chi connectivity index (χ4v) is 6.95. The summed E-state index contributed by atoms with van der Waals surface area (Å²) in [6, 6.07) is 19.5. The molecule has 21 nitrogen and oxygen atoms in total. The van der Waals surface area contributed by atoms with Crippen molar-refractivity contribution < 1.29 is 32.5 Å². The molecule has 3 aromatic carbocycles. The first-order chi connectivity index (χ1) is 37.1. The molecule has 7 heterocycles. The van der Waals surface area contributed by atoms with Gasteiger partial charge in [0.05, 0.1) is 60.3 Å². The van der Waals surface area contributed by atoms with Crippen molar-refractivity contribution in [1.82, 2.24) is 69.2 Å². The Kier molecular flexibility index (Phi) is 19.4. The number of hydrogen-bond acceptors (Lipinski definition) is 17. The Hall–Kier alpha value is -9.19. The van der Waals surface area contributed by atoms with E-state index in [0.717, 1.165) is 22.4 Å². The van der Waals surface area contributed by atoms with Crippen LogP contribution in [0.25, 0.3) is 33.8 Å². The largest absolute Gasteiger partial charge is 0.494 e. The van der Waals surface area contributed by atoms with Crippen LogP contribution >= 0.6 is 34.8 Å². The second-order valence-corrected chi connectivity index (χ2v) is 16.8. The number of ether oxygens (including phenoxy) is 4. The maximum atomic E-state index is 14.5. The van der Waals surface area contributed by atoms with Crippen LogP contribution in [0.3, 0.4) is 0 Å². The normalized spacial score (nSPS) is 10.4. The van der Waals surface area contributed by atoms with Gasteiger partial charge in [0.15, 0.2) is 0 Å². The molecule has 0 spiro atoms. The highest BCUT2D eigenvalue weighted by Crippen LogP contribution is 2.30. The van der Waals surface area contributed by atoms with Gasteiger partial charge in [-0.2, -0.15) is 15.3 Å². The van der Waals surface area contributed by atoms with Gasteiger partial charge in [-0.3, -0.25) is 18.8 Å². The molecule has 1 amide bonds. The van der Waals surface area contributed by atoms with Crippen LogP contribution in [0.5, 0.6) is 34.8 Å². The van der Waals surface area contributed by atoms with E-state index in [4.69, 9.17) is 59.5 Å². The SMILES string of the molecule is CCOc1cc(OCC)cc(C(=O)Nc2cc(Oc3cc(-c4cnn(C)c4)ncn3)ccc2F)c1.Clc1cc(Cl)ncn1.Cn1cc(-c2cc(Cl)ncn2)cn1.Cn1cc(-c2cc(Oc3ccc(F)c(N)c3)ncn2)cn1. The molecule has 0 aliphatic rings. The number of anilines is 2. The Balaban J connectivity index is 0.000000171. The highest BCUT2D eigenvalue weighted by atomic mass is 35.5. The summed E-state index contributed by atoms with van der Waals surface area (Å²) in [4.78, 5) is 44.5. The standard InChI is InChI=1S/C25H24FN5O4.C14H12FN5O.C8H7ClN4.C4H2Cl2N2/c1-4-33-19-8-16(9-20(10-19)34-5-2)25(32)30-23-11-18(6-7-21(23)26)35-24-12-22(27-15-28-24)17-13-29-31(3)14-17;1-20-7-9(6-19-20)13-5-14(18-8-17-13)21-10-2-3-11(15)12(16)4-10;1-13-4-6(3-12-13)7-2-8(9)11-5-10-7;5-3-1-4(6)8-2-7-3/h6-15H,4-5H2,1-3H3,(H,30,32);2-8H,16H2,1H3;2-5H,1H3;1-2H. The van der Waals surface area contributed by atoms with E-state index >= 15 is 0 Å². The van der Waals surface area contributed by atoms with E-state index in [1.807, 2.05) is 46.5 Å². The number of nitrogens with zero attached hydrogens (tertiary/aromatic N) is 14. The molecule has 0 fully saturated rings. The van der Waals surface area contributed by atoms with Crippen LogP contribution in [-0.4, -0.2) is 88.3 Å². The molecule has 0 unspecified atom stereocenters. The van der Waals surface area contributed by atoms with Crippen molar-refractivity contribution >= 4 is 52.1 Å². The summed E-state index contributed by atoms with van der Waals surface area (Å²) in [6.45, 7) is 4.53. The summed E-state index contributed by atoms with van der Waals surface area (Å²) in [5.41, 5.74) is 10.4. The second-order valence-electron chi connectivity index (χ2n) is 15.6. The van der Waals surface area contributed by atoms with Crippen LogP contribution in [-0.2, 0) is 21.1 Å². The minimum Gasteiger partial charge on any atom is -0.494 e. The van der Waals surface area contributed by atoms with Gasteiger partial charge in [-0.1, -0.05) is 34.8 Å². The monoisotopic (exact) mass is 1100 g/mol. The fourth-order valence-electron chi connectivity index (χ4n) is 6.46. The third kappa shape index (κ3) is 16.7. The predicted octanol–water partition coefficient (Wildman–Crippen LogP) is 10.6. The van der Waals surface area contributed by atoms with Gasteiger partial charge in [-0.15, -0.1) is 0 Å². The quantitative estimate of drug-likeness (QED) is 0.0804. The minimum atomic E-state index is -0.615. The van der Waals surface area contributed by atoms with Crippen molar-refractivity contribution in [2.24, 2.45) is 21.1 Å². The van der Waals surface area contributed by atoms with E-state index in [2.05, 4.69) is 60.5 Å². The predicted molar refractivity (Wildman–Crippen MR) is 284 cm³/mol. The van der Waals surface area contributed by atoms with Crippen molar-refractivity contribution in [3.05, 3.63) is 174 Å². The number of nitrogen functional groups attached to an aromatic ring is 1.